The molecule has 24 heavy (non-hydrogen) atoms. The Morgan fingerprint density at radius 1 is 1.54 bits per heavy atom. The number of guanidine groups is 1. The maximum Gasteiger partial charge on any atom is 0.192 e. The van der Waals surface area contributed by atoms with E-state index in [1.54, 1.807) is 13.2 Å². The number of ether oxygens (including phenoxy) is 1. The van der Waals surface area contributed by atoms with Crippen molar-refractivity contribution in [1.82, 2.24) is 15.1 Å². The standard InChI is InChI=1S/C18H27N5O/c1-5-14(12-15(13(2)3)22-18(19)20-4)16-9-10-21-23(16)17-8-6-7-11-24-17/h5,9-10,12,17H,2,6-8,11H2,1,3-4H3,(H3,19,20,22)/b14-5+,15-12+. The minimum Gasteiger partial charge on any atom is -0.370 e. The van der Waals surface area contributed by atoms with E-state index >= 15 is 0 Å². The number of nitrogens with one attached hydrogen (secondary N) is 1. The number of nitrogens with two attached hydrogens (primary N) is 1. The predicted molar refractivity (Wildman–Crippen MR) is 98.3 cm³/mol. The van der Waals surface area contributed by atoms with Crippen LogP contribution in [0.5, 0.6) is 0 Å². The molecule has 0 radical (unpaired) electrons. The Morgan fingerprint density at radius 2 is 2.33 bits per heavy atom. The summed E-state index contributed by atoms with van der Waals surface area (Å²) in [7, 11) is 1.64. The Bertz CT molecular complexity index is 663. The molecule has 1 aromatic rings. The van der Waals surface area contributed by atoms with E-state index in [2.05, 4.69) is 22.0 Å². The molecule has 0 amide bonds. The second-order valence-corrected chi connectivity index (χ2v) is 5.80. The van der Waals surface area contributed by atoms with Crippen LogP contribution in [0.4, 0.5) is 0 Å². The number of aromatic nitrogens is 2. The number of aliphatic imine (C=N–C) groups is 1. The highest BCUT2D eigenvalue weighted by molar-refractivity contribution is 5.82. The molecule has 0 saturated carbocycles. The van der Waals surface area contributed by atoms with Gasteiger partial charge in [-0.1, -0.05) is 12.7 Å². The summed E-state index contributed by atoms with van der Waals surface area (Å²) in [5, 5.41) is 7.55. The van der Waals surface area contributed by atoms with Gasteiger partial charge in [0.25, 0.3) is 0 Å². The monoisotopic (exact) mass is 329 g/mol. The quantitative estimate of drug-likeness (QED) is 0.494. The average Bonchev–Trinajstić information content (AvgIpc) is 3.08. The lowest BCUT2D eigenvalue weighted by molar-refractivity contribution is -0.0399. The smallest absolute Gasteiger partial charge is 0.192 e. The van der Waals surface area contributed by atoms with Crippen molar-refractivity contribution in [2.45, 2.75) is 39.3 Å². The fourth-order valence-corrected chi connectivity index (χ4v) is 2.61. The number of nitrogens with zero attached hydrogens (tertiary/aromatic N) is 3. The molecular weight excluding hydrogens is 302 g/mol. The van der Waals surface area contributed by atoms with Crippen LogP contribution in [0.25, 0.3) is 5.57 Å². The van der Waals surface area contributed by atoms with Crippen LogP contribution in [-0.4, -0.2) is 29.4 Å². The highest BCUT2D eigenvalue weighted by Crippen LogP contribution is 2.27. The molecular formula is C18H27N5O. The normalized spacial score (nSPS) is 20.1. The molecule has 1 aliphatic rings. The van der Waals surface area contributed by atoms with Crippen molar-refractivity contribution in [3.63, 3.8) is 0 Å². The molecule has 2 heterocycles. The van der Waals surface area contributed by atoms with E-state index in [9.17, 15) is 0 Å². The van der Waals surface area contributed by atoms with Crippen molar-refractivity contribution in [1.29, 1.82) is 0 Å². The van der Waals surface area contributed by atoms with Crippen molar-refractivity contribution in [2.24, 2.45) is 10.7 Å². The lowest BCUT2D eigenvalue weighted by Gasteiger charge is -2.25. The van der Waals surface area contributed by atoms with Crippen LogP contribution < -0.4 is 11.1 Å². The Hall–Kier alpha value is -2.34. The molecule has 1 fully saturated rings. The molecule has 3 N–H and O–H groups in total. The Labute approximate surface area is 143 Å². The lowest BCUT2D eigenvalue weighted by Crippen LogP contribution is -2.31. The highest BCUT2D eigenvalue weighted by atomic mass is 16.5. The lowest BCUT2D eigenvalue weighted by atomic mass is 10.1. The van der Waals surface area contributed by atoms with Gasteiger partial charge in [-0.3, -0.25) is 4.99 Å². The van der Waals surface area contributed by atoms with Crippen LogP contribution in [0.2, 0.25) is 0 Å². The minimum absolute atomic E-state index is 0.00406. The third kappa shape index (κ3) is 4.35. The summed E-state index contributed by atoms with van der Waals surface area (Å²) in [4.78, 5) is 3.94. The zero-order chi connectivity index (χ0) is 17.5. The van der Waals surface area contributed by atoms with Gasteiger partial charge in [0, 0.05) is 25.5 Å². The zero-order valence-corrected chi connectivity index (χ0v) is 14.7. The molecule has 1 saturated heterocycles. The first-order chi connectivity index (χ1) is 11.6. The fourth-order valence-electron chi connectivity index (χ4n) is 2.61. The maximum atomic E-state index is 5.87. The molecule has 1 atom stereocenters. The van der Waals surface area contributed by atoms with Crippen LogP contribution >= 0.6 is 0 Å². The van der Waals surface area contributed by atoms with E-state index < -0.39 is 0 Å². The van der Waals surface area contributed by atoms with E-state index in [0.29, 0.717) is 5.96 Å². The molecule has 6 heteroatoms. The van der Waals surface area contributed by atoms with Crippen LogP contribution in [0, 0.1) is 0 Å². The Morgan fingerprint density at radius 3 is 2.92 bits per heavy atom. The van der Waals surface area contributed by atoms with Gasteiger partial charge in [-0.2, -0.15) is 5.10 Å². The van der Waals surface area contributed by atoms with Gasteiger partial charge >= 0.3 is 0 Å². The fraction of sp³-hybridized carbons (Fsp3) is 0.444. The molecule has 0 bridgehead atoms. The summed E-state index contributed by atoms with van der Waals surface area (Å²) in [6, 6.07) is 2.00. The summed E-state index contributed by atoms with van der Waals surface area (Å²) in [5.74, 6) is 0.351. The van der Waals surface area contributed by atoms with Crippen LogP contribution in [0.3, 0.4) is 0 Å². The van der Waals surface area contributed by atoms with Gasteiger partial charge in [-0.25, -0.2) is 4.68 Å². The van der Waals surface area contributed by atoms with Crippen molar-refractivity contribution in [3.8, 4) is 0 Å². The number of hydrogen-bond acceptors (Lipinski definition) is 3. The molecule has 0 aliphatic carbocycles. The third-order valence-corrected chi connectivity index (χ3v) is 3.97. The van der Waals surface area contributed by atoms with Crippen LogP contribution in [-0.2, 0) is 4.74 Å². The van der Waals surface area contributed by atoms with Crippen molar-refractivity contribution >= 4 is 11.5 Å². The summed E-state index contributed by atoms with van der Waals surface area (Å²) < 4.78 is 7.83. The van der Waals surface area contributed by atoms with Gasteiger partial charge in [0.1, 0.15) is 0 Å². The summed E-state index contributed by atoms with van der Waals surface area (Å²) in [6.45, 7) is 8.72. The zero-order valence-electron chi connectivity index (χ0n) is 14.7. The Kier molecular flexibility index (Phi) is 6.37. The van der Waals surface area contributed by atoms with E-state index in [1.165, 1.54) is 0 Å². The van der Waals surface area contributed by atoms with Crippen LogP contribution in [0.15, 0.2) is 47.3 Å². The van der Waals surface area contributed by atoms with Gasteiger partial charge in [-0.05, 0) is 56.4 Å². The number of rotatable bonds is 5. The molecule has 6 nitrogen and oxygen atoms in total. The Balaban J connectivity index is 2.33. The van der Waals surface area contributed by atoms with Crippen molar-refractivity contribution in [3.05, 3.63) is 48.0 Å². The third-order valence-electron chi connectivity index (χ3n) is 3.97. The summed E-state index contributed by atoms with van der Waals surface area (Å²) in [5.41, 5.74) is 9.53. The van der Waals surface area contributed by atoms with Crippen LogP contribution in [0.1, 0.15) is 45.0 Å². The SMILES string of the molecule is C=C(C)/C(=C\C(=C/C)c1ccnn1C1CCCCO1)NC(N)=NC. The van der Waals surface area contributed by atoms with Gasteiger partial charge in [0.2, 0.25) is 0 Å². The van der Waals surface area contributed by atoms with E-state index in [0.717, 1.165) is 48.4 Å². The molecule has 0 spiro atoms. The number of allylic oxidation sites excluding steroid dienone is 4. The van der Waals surface area contributed by atoms with E-state index in [4.69, 9.17) is 10.5 Å². The minimum atomic E-state index is -0.00406. The largest absolute Gasteiger partial charge is 0.370 e. The highest BCUT2D eigenvalue weighted by Gasteiger charge is 2.20. The summed E-state index contributed by atoms with van der Waals surface area (Å²) >= 11 is 0. The maximum absolute atomic E-state index is 5.87. The van der Waals surface area contributed by atoms with Gasteiger partial charge < -0.3 is 15.8 Å². The van der Waals surface area contributed by atoms with Crippen molar-refractivity contribution in [2.75, 3.05) is 13.7 Å². The second-order valence-electron chi connectivity index (χ2n) is 5.80. The average molecular weight is 329 g/mol. The first kappa shape index (κ1) is 18.0. The molecule has 130 valence electrons. The molecule has 2 rings (SSSR count). The second kappa shape index (κ2) is 8.49. The van der Waals surface area contributed by atoms with Gasteiger partial charge in [0.15, 0.2) is 12.2 Å². The first-order valence-corrected chi connectivity index (χ1v) is 8.25. The van der Waals surface area contributed by atoms with Crippen molar-refractivity contribution < 1.29 is 4.74 Å². The van der Waals surface area contributed by atoms with E-state index in [-0.39, 0.29) is 6.23 Å². The van der Waals surface area contributed by atoms with E-state index in [1.807, 2.05) is 36.7 Å². The molecule has 0 aromatic carbocycles. The van der Waals surface area contributed by atoms with Gasteiger partial charge in [0.05, 0.1) is 5.69 Å². The first-order valence-electron chi connectivity index (χ1n) is 8.25. The van der Waals surface area contributed by atoms with Gasteiger partial charge in [-0.15, -0.1) is 0 Å². The summed E-state index contributed by atoms with van der Waals surface area (Å²) in [6.07, 6.45) is 9.11. The predicted octanol–water partition coefficient (Wildman–Crippen LogP) is 2.98. The molecule has 1 aliphatic heterocycles. The topological polar surface area (TPSA) is 77.5 Å². The number of hydrogen-bond donors (Lipinski definition) is 2. The molecule has 1 unspecified atom stereocenters. The molecule has 1 aromatic heterocycles.